The first kappa shape index (κ1) is 37.3. The lowest BCUT2D eigenvalue weighted by molar-refractivity contribution is 0.0249. The largest absolute Gasteiger partial charge is 0.499 e. The number of ether oxygens (including phenoxy) is 4. The molecule has 0 spiro atoms. The fourth-order valence-electron chi connectivity index (χ4n) is 5.69. The lowest BCUT2D eigenvalue weighted by atomic mass is 9.77. The average Bonchev–Trinajstić information content (AvgIpc) is 3.41. The normalized spacial score (nSPS) is 21.4. The van der Waals surface area contributed by atoms with E-state index in [1.807, 2.05) is 99.6 Å². The lowest BCUT2D eigenvalue weighted by Crippen LogP contribution is -2.41. The molecule has 2 aromatic carbocycles. The molecule has 4 aliphatic heterocycles. The fourth-order valence-corrected chi connectivity index (χ4v) is 6.30. The summed E-state index contributed by atoms with van der Waals surface area (Å²) in [6, 6.07) is 9.67. The van der Waals surface area contributed by atoms with E-state index in [2.05, 4.69) is 26.6 Å². The minimum Gasteiger partial charge on any atom is -0.491 e. The summed E-state index contributed by atoms with van der Waals surface area (Å²) < 4.78 is 47.5. The number of carbonyl (C=O) groups is 2. The van der Waals surface area contributed by atoms with Gasteiger partial charge in [0, 0.05) is 28.5 Å². The molecular formula is C34H47B2BrN2O10. The molecule has 2 aromatic rings. The van der Waals surface area contributed by atoms with Crippen molar-refractivity contribution in [2.45, 2.75) is 104 Å². The summed E-state index contributed by atoms with van der Waals surface area (Å²) in [5.74, 6) is 1.54. The maximum atomic E-state index is 11.9. The van der Waals surface area contributed by atoms with Crippen LogP contribution in [-0.2, 0) is 28.1 Å². The van der Waals surface area contributed by atoms with Gasteiger partial charge in [-0.2, -0.15) is 0 Å². The molecule has 0 saturated carbocycles. The van der Waals surface area contributed by atoms with Crippen molar-refractivity contribution in [3.8, 4) is 11.5 Å². The first-order valence-corrected chi connectivity index (χ1v) is 17.3. The number of hydrogen-bond acceptors (Lipinski definition) is 10. The molecular weight excluding hydrogens is 698 g/mol. The molecule has 0 aromatic heterocycles. The molecule has 0 radical (unpaired) electrons. The van der Waals surface area contributed by atoms with E-state index in [4.69, 9.17) is 37.6 Å². The van der Waals surface area contributed by atoms with Crippen molar-refractivity contribution >= 4 is 53.3 Å². The number of amides is 2. The molecule has 0 saturated heterocycles. The molecule has 12 nitrogen and oxygen atoms in total. The van der Waals surface area contributed by atoms with Gasteiger partial charge in [0.2, 0.25) is 0 Å². The summed E-state index contributed by atoms with van der Waals surface area (Å²) >= 11 is 3.58. The molecule has 49 heavy (non-hydrogen) atoms. The predicted molar refractivity (Wildman–Crippen MR) is 189 cm³/mol. The highest BCUT2D eigenvalue weighted by Gasteiger charge is 2.47. The number of rotatable bonds is 4. The van der Waals surface area contributed by atoms with Crippen molar-refractivity contribution in [1.82, 2.24) is 10.6 Å². The minimum absolute atomic E-state index is 0.282. The molecule has 2 atom stereocenters. The molecule has 2 N–H and O–H groups in total. The Bertz CT molecular complexity index is 1560. The molecule has 2 unspecified atom stereocenters. The Balaban J connectivity index is 0.000000191. The Hall–Kier alpha value is -2.97. The molecule has 266 valence electrons. The predicted octanol–water partition coefficient (Wildman–Crippen LogP) is 5.09. The minimum atomic E-state index is -0.545. The van der Waals surface area contributed by atoms with Crippen LogP contribution in [0.2, 0.25) is 0 Å². The summed E-state index contributed by atoms with van der Waals surface area (Å²) in [6.07, 6.45) is -1.58. The molecule has 6 rings (SSSR count). The van der Waals surface area contributed by atoms with E-state index in [-0.39, 0.29) is 18.8 Å². The van der Waals surface area contributed by atoms with Crippen molar-refractivity contribution in [2.24, 2.45) is 0 Å². The number of hydrogen-bond donors (Lipinski definition) is 2. The Kier molecular flexibility index (Phi) is 10.6. The fraction of sp³-hybridized carbons (Fsp3) is 0.588. The Labute approximate surface area is 297 Å². The highest BCUT2D eigenvalue weighted by Crippen LogP contribution is 2.37. The van der Waals surface area contributed by atoms with Crippen LogP contribution in [0.5, 0.6) is 11.5 Å². The summed E-state index contributed by atoms with van der Waals surface area (Å²) in [7, 11) is -1.01. The zero-order valence-corrected chi connectivity index (χ0v) is 31.6. The molecule has 2 amide bonds. The molecule has 4 aliphatic rings. The third-order valence-electron chi connectivity index (χ3n) is 7.67. The highest BCUT2D eigenvalue weighted by molar-refractivity contribution is 9.10. The third-order valence-corrected chi connectivity index (χ3v) is 8.37. The van der Waals surface area contributed by atoms with E-state index in [1.165, 1.54) is 0 Å². The van der Waals surface area contributed by atoms with Gasteiger partial charge in [-0.1, -0.05) is 28.1 Å². The van der Waals surface area contributed by atoms with Gasteiger partial charge in [0.15, 0.2) is 0 Å². The van der Waals surface area contributed by atoms with E-state index in [0.717, 1.165) is 38.0 Å². The van der Waals surface area contributed by atoms with Crippen LogP contribution in [-0.4, -0.2) is 75.1 Å². The Morgan fingerprint density at radius 3 is 1.82 bits per heavy atom. The van der Waals surface area contributed by atoms with E-state index in [9.17, 15) is 9.59 Å². The highest BCUT2D eigenvalue weighted by atomic mass is 79.9. The molecule has 0 fully saturated rings. The van der Waals surface area contributed by atoms with E-state index < -0.39 is 48.8 Å². The summed E-state index contributed by atoms with van der Waals surface area (Å²) in [4.78, 5) is 23.8. The van der Waals surface area contributed by atoms with Crippen molar-refractivity contribution in [3.63, 3.8) is 0 Å². The van der Waals surface area contributed by atoms with Gasteiger partial charge in [0.25, 0.3) is 0 Å². The summed E-state index contributed by atoms with van der Waals surface area (Å²) in [5, 5.41) is 5.53. The first-order chi connectivity index (χ1) is 22.7. The molecule has 0 aliphatic carbocycles. The average molecular weight is 745 g/mol. The second-order valence-electron chi connectivity index (χ2n) is 15.6. The van der Waals surface area contributed by atoms with Crippen molar-refractivity contribution in [3.05, 3.63) is 45.9 Å². The van der Waals surface area contributed by atoms with Crippen molar-refractivity contribution in [1.29, 1.82) is 0 Å². The second kappa shape index (κ2) is 14.0. The number of halogens is 1. The van der Waals surface area contributed by atoms with Crippen LogP contribution in [0.15, 0.2) is 34.8 Å². The Morgan fingerprint density at radius 1 is 0.776 bits per heavy atom. The van der Waals surface area contributed by atoms with Crippen LogP contribution in [0.25, 0.3) is 0 Å². The summed E-state index contributed by atoms with van der Waals surface area (Å²) in [5.41, 5.74) is 1.72. The van der Waals surface area contributed by atoms with Crippen LogP contribution >= 0.6 is 15.9 Å². The number of nitrogens with one attached hydrogen (secondary N) is 2. The van der Waals surface area contributed by atoms with Gasteiger partial charge in [-0.15, -0.1) is 0 Å². The number of alkyl carbamates (subject to hydrolysis) is 2. The lowest BCUT2D eigenvalue weighted by Gasteiger charge is -2.25. The number of benzene rings is 2. The smallest absolute Gasteiger partial charge is 0.491 e. The van der Waals surface area contributed by atoms with Gasteiger partial charge in [-0.25, -0.2) is 9.59 Å². The zero-order valence-electron chi connectivity index (χ0n) is 30.0. The van der Waals surface area contributed by atoms with Gasteiger partial charge >= 0.3 is 26.4 Å². The van der Waals surface area contributed by atoms with Gasteiger partial charge in [0.05, 0.1) is 23.4 Å². The molecule has 4 heterocycles. The molecule has 15 heteroatoms. The summed E-state index contributed by atoms with van der Waals surface area (Å²) in [6.45, 7) is 20.3. The number of carbonyl (C=O) groups excluding carboxylic acids is 2. The van der Waals surface area contributed by atoms with Crippen LogP contribution in [0.1, 0.15) is 92.6 Å². The maximum absolute atomic E-state index is 11.9. The topological polar surface area (TPSA) is 132 Å². The third kappa shape index (κ3) is 9.43. The first-order valence-electron chi connectivity index (χ1n) is 16.5. The van der Waals surface area contributed by atoms with E-state index in [1.54, 1.807) is 0 Å². The van der Waals surface area contributed by atoms with Crippen LogP contribution < -0.4 is 31.0 Å². The standard InChI is InChI=1S/C17H23BBrNO5.C17H24BNO5/c1-16(2,3)23-15(21)20-8-12-13-10(19)6-7-11-14(13)18(24-12)25-17(4,5)9-22-11;1-16(2,3)22-15(20)19-9-13-11-7-6-8-12-14(11)18(23-13)24-17(4,5)10-21-12/h6-7,12H,8-9H2,1-5H3,(H,20,21);6-8,13H,9-10H2,1-5H3,(H,19,20). The van der Waals surface area contributed by atoms with Gasteiger partial charge in [-0.3, -0.25) is 0 Å². The maximum Gasteiger partial charge on any atom is 0.499 e. The van der Waals surface area contributed by atoms with Gasteiger partial charge in [-0.05, 0) is 98.6 Å². The quantitative estimate of drug-likeness (QED) is 0.408. The van der Waals surface area contributed by atoms with Crippen LogP contribution in [0, 0.1) is 0 Å². The monoisotopic (exact) mass is 744 g/mol. The van der Waals surface area contributed by atoms with E-state index >= 15 is 0 Å². The van der Waals surface area contributed by atoms with Crippen molar-refractivity contribution < 1.29 is 47.2 Å². The zero-order chi connectivity index (χ0) is 35.9. The van der Waals surface area contributed by atoms with Gasteiger partial charge in [0.1, 0.15) is 35.9 Å². The second-order valence-corrected chi connectivity index (χ2v) is 16.5. The van der Waals surface area contributed by atoms with Crippen LogP contribution in [0.4, 0.5) is 9.59 Å². The van der Waals surface area contributed by atoms with Crippen molar-refractivity contribution in [2.75, 3.05) is 26.3 Å². The molecule has 0 bridgehead atoms. The SMILES string of the molecule is CC(C)(C)OC(=O)NCC1OB2OC(C)(C)COc3ccc(Br)c1c32.CC(C)(C)OC(=O)NCC1OB2OC(C)(C)COc3cccc1c32. The van der Waals surface area contributed by atoms with Crippen LogP contribution in [0.3, 0.4) is 0 Å². The Morgan fingerprint density at radius 2 is 1.27 bits per heavy atom. The van der Waals surface area contributed by atoms with Gasteiger partial charge < -0.3 is 48.2 Å². The van der Waals surface area contributed by atoms with E-state index in [0.29, 0.717) is 19.8 Å².